The van der Waals surface area contributed by atoms with Crippen LogP contribution in [0.2, 0.25) is 0 Å². The SMILES string of the molecule is CCOc1ccc([C@@H]2c3[nH]c4ccccc4c3CCN2C(=O)C2CC2)cc1. The summed E-state index contributed by atoms with van der Waals surface area (Å²) in [5, 5.41) is 1.28. The van der Waals surface area contributed by atoms with Gasteiger partial charge in [0, 0.05) is 29.1 Å². The smallest absolute Gasteiger partial charge is 0.226 e. The van der Waals surface area contributed by atoms with E-state index < -0.39 is 0 Å². The molecule has 1 aromatic heterocycles. The number of ether oxygens (including phenoxy) is 1. The van der Waals surface area contributed by atoms with E-state index in [0.717, 1.165) is 42.6 Å². The number of nitrogens with one attached hydrogen (secondary N) is 1. The summed E-state index contributed by atoms with van der Waals surface area (Å²) < 4.78 is 5.60. The van der Waals surface area contributed by atoms with Gasteiger partial charge in [-0.15, -0.1) is 0 Å². The molecular weight excluding hydrogens is 336 g/mol. The van der Waals surface area contributed by atoms with Crippen LogP contribution < -0.4 is 4.74 Å². The Labute approximate surface area is 159 Å². The zero-order valence-corrected chi connectivity index (χ0v) is 15.6. The Morgan fingerprint density at radius 3 is 2.67 bits per heavy atom. The first-order valence-electron chi connectivity index (χ1n) is 9.89. The minimum absolute atomic E-state index is 0.0510. The van der Waals surface area contributed by atoms with Crippen molar-refractivity contribution in [3.8, 4) is 5.75 Å². The van der Waals surface area contributed by atoms with E-state index in [0.29, 0.717) is 12.5 Å². The van der Waals surface area contributed by atoms with Crippen molar-refractivity contribution in [1.82, 2.24) is 9.88 Å². The van der Waals surface area contributed by atoms with Crippen LogP contribution in [0, 0.1) is 5.92 Å². The molecule has 1 atom stereocenters. The maximum absolute atomic E-state index is 13.0. The maximum atomic E-state index is 13.0. The number of fused-ring (bicyclic) bond motifs is 3. The van der Waals surface area contributed by atoms with Crippen LogP contribution in [0.3, 0.4) is 0 Å². The molecule has 1 amide bonds. The number of nitrogens with zero attached hydrogens (tertiary/aromatic N) is 1. The molecule has 0 spiro atoms. The monoisotopic (exact) mass is 360 g/mol. The number of hydrogen-bond donors (Lipinski definition) is 1. The van der Waals surface area contributed by atoms with Gasteiger partial charge in [0.1, 0.15) is 5.75 Å². The number of hydrogen-bond acceptors (Lipinski definition) is 2. The molecule has 4 heteroatoms. The zero-order valence-electron chi connectivity index (χ0n) is 15.6. The number of carbonyl (C=O) groups excluding carboxylic acids is 1. The fourth-order valence-electron chi connectivity index (χ4n) is 4.30. The van der Waals surface area contributed by atoms with E-state index >= 15 is 0 Å². The van der Waals surface area contributed by atoms with Gasteiger partial charge in [-0.05, 0) is 55.5 Å². The van der Waals surface area contributed by atoms with Gasteiger partial charge in [0.15, 0.2) is 0 Å². The van der Waals surface area contributed by atoms with Crippen molar-refractivity contribution < 1.29 is 9.53 Å². The van der Waals surface area contributed by atoms with E-state index in [4.69, 9.17) is 4.74 Å². The zero-order chi connectivity index (χ0) is 18.4. The Bertz CT molecular complexity index is 985. The summed E-state index contributed by atoms with van der Waals surface area (Å²) in [6.45, 7) is 3.42. The summed E-state index contributed by atoms with van der Waals surface area (Å²) in [7, 11) is 0. The van der Waals surface area contributed by atoms with Crippen LogP contribution in [-0.2, 0) is 11.2 Å². The first-order chi connectivity index (χ1) is 13.3. The van der Waals surface area contributed by atoms with Crippen LogP contribution in [0.5, 0.6) is 5.75 Å². The fraction of sp³-hybridized carbons (Fsp3) is 0.348. The lowest BCUT2D eigenvalue weighted by atomic mass is 9.92. The summed E-state index contributed by atoms with van der Waals surface area (Å²) in [6.07, 6.45) is 2.97. The van der Waals surface area contributed by atoms with E-state index in [2.05, 4.69) is 46.3 Å². The van der Waals surface area contributed by atoms with Crippen molar-refractivity contribution in [2.24, 2.45) is 5.92 Å². The number of aromatic amines is 1. The van der Waals surface area contributed by atoms with E-state index in [1.807, 2.05) is 19.1 Å². The highest BCUT2D eigenvalue weighted by atomic mass is 16.5. The molecule has 1 aliphatic heterocycles. The Hall–Kier alpha value is -2.75. The Balaban J connectivity index is 1.61. The maximum Gasteiger partial charge on any atom is 0.226 e. The predicted octanol–water partition coefficient (Wildman–Crippen LogP) is 4.45. The van der Waals surface area contributed by atoms with Crippen LogP contribution in [0.1, 0.15) is 42.6 Å². The van der Waals surface area contributed by atoms with Crippen LogP contribution in [0.4, 0.5) is 0 Å². The third-order valence-corrected chi connectivity index (χ3v) is 5.75. The molecule has 27 heavy (non-hydrogen) atoms. The van der Waals surface area contributed by atoms with Gasteiger partial charge < -0.3 is 14.6 Å². The summed E-state index contributed by atoms with van der Waals surface area (Å²) in [4.78, 5) is 18.7. The topological polar surface area (TPSA) is 45.3 Å². The van der Waals surface area contributed by atoms with Crippen molar-refractivity contribution in [2.45, 2.75) is 32.2 Å². The van der Waals surface area contributed by atoms with Gasteiger partial charge in [0.25, 0.3) is 0 Å². The number of para-hydroxylation sites is 1. The Morgan fingerprint density at radius 1 is 1.15 bits per heavy atom. The minimum atomic E-state index is -0.0510. The molecule has 1 fully saturated rings. The number of benzene rings is 2. The quantitative estimate of drug-likeness (QED) is 0.747. The lowest BCUT2D eigenvalue weighted by Crippen LogP contribution is -2.41. The average Bonchev–Trinajstić information content (AvgIpc) is 3.48. The molecule has 2 heterocycles. The molecule has 0 unspecified atom stereocenters. The van der Waals surface area contributed by atoms with E-state index in [9.17, 15) is 4.79 Å². The van der Waals surface area contributed by atoms with Crippen LogP contribution in [-0.4, -0.2) is 28.9 Å². The third kappa shape index (κ3) is 2.80. The van der Waals surface area contributed by atoms with Gasteiger partial charge in [-0.3, -0.25) is 4.79 Å². The molecule has 1 N–H and O–H groups in total. The first kappa shape index (κ1) is 16.4. The molecule has 4 nitrogen and oxygen atoms in total. The molecule has 2 aromatic carbocycles. The van der Waals surface area contributed by atoms with Gasteiger partial charge in [-0.1, -0.05) is 30.3 Å². The lowest BCUT2D eigenvalue weighted by Gasteiger charge is -2.36. The average molecular weight is 360 g/mol. The minimum Gasteiger partial charge on any atom is -0.494 e. The Kier molecular flexibility index (Phi) is 3.92. The molecule has 3 aromatic rings. The summed E-state index contributed by atoms with van der Waals surface area (Å²) in [6, 6.07) is 16.6. The van der Waals surface area contributed by atoms with E-state index in [1.165, 1.54) is 16.6 Å². The summed E-state index contributed by atoms with van der Waals surface area (Å²) >= 11 is 0. The summed E-state index contributed by atoms with van der Waals surface area (Å²) in [5.41, 5.74) is 4.81. The van der Waals surface area contributed by atoms with Crippen molar-refractivity contribution >= 4 is 16.8 Å². The van der Waals surface area contributed by atoms with E-state index in [1.54, 1.807) is 0 Å². The van der Waals surface area contributed by atoms with Gasteiger partial charge in [-0.2, -0.15) is 0 Å². The largest absolute Gasteiger partial charge is 0.494 e. The van der Waals surface area contributed by atoms with Crippen molar-refractivity contribution in [3.05, 3.63) is 65.4 Å². The molecule has 138 valence electrons. The summed E-state index contributed by atoms with van der Waals surface area (Å²) in [5.74, 6) is 1.40. The van der Waals surface area contributed by atoms with Crippen molar-refractivity contribution in [2.75, 3.05) is 13.2 Å². The highest BCUT2D eigenvalue weighted by Gasteiger charge is 2.40. The highest BCUT2D eigenvalue weighted by molar-refractivity contribution is 5.87. The molecular formula is C23H24N2O2. The molecule has 5 rings (SSSR count). The standard InChI is InChI=1S/C23H24N2O2/c1-2-27-17-11-9-15(10-12-17)22-21-19(18-5-3-4-6-20(18)24-21)13-14-25(22)23(26)16-7-8-16/h3-6,9-12,16,22,24H,2,7-8,13-14H2,1H3/t22-/m1/s1. The van der Waals surface area contributed by atoms with Crippen LogP contribution >= 0.6 is 0 Å². The number of H-pyrrole nitrogens is 1. The normalized spacial score (nSPS) is 19.1. The second-order valence-electron chi connectivity index (χ2n) is 7.52. The highest BCUT2D eigenvalue weighted by Crippen LogP contribution is 2.42. The van der Waals surface area contributed by atoms with E-state index in [-0.39, 0.29) is 12.0 Å². The molecule has 0 radical (unpaired) electrons. The second-order valence-corrected chi connectivity index (χ2v) is 7.52. The van der Waals surface area contributed by atoms with Crippen molar-refractivity contribution in [1.29, 1.82) is 0 Å². The number of amides is 1. The predicted molar refractivity (Wildman–Crippen MR) is 106 cm³/mol. The lowest BCUT2D eigenvalue weighted by molar-refractivity contribution is -0.134. The number of carbonyl (C=O) groups is 1. The third-order valence-electron chi connectivity index (χ3n) is 5.75. The van der Waals surface area contributed by atoms with Gasteiger partial charge in [0.2, 0.25) is 5.91 Å². The molecule has 0 saturated heterocycles. The first-order valence-corrected chi connectivity index (χ1v) is 9.89. The Morgan fingerprint density at radius 2 is 1.93 bits per heavy atom. The fourth-order valence-corrected chi connectivity index (χ4v) is 4.30. The molecule has 1 aliphatic carbocycles. The van der Waals surface area contributed by atoms with Crippen LogP contribution in [0.15, 0.2) is 48.5 Å². The molecule has 2 aliphatic rings. The molecule has 1 saturated carbocycles. The molecule has 0 bridgehead atoms. The number of rotatable bonds is 4. The number of aromatic nitrogens is 1. The second kappa shape index (κ2) is 6.45. The van der Waals surface area contributed by atoms with Gasteiger partial charge in [-0.25, -0.2) is 0 Å². The van der Waals surface area contributed by atoms with Crippen LogP contribution in [0.25, 0.3) is 10.9 Å². The van der Waals surface area contributed by atoms with Gasteiger partial charge >= 0.3 is 0 Å². The van der Waals surface area contributed by atoms with Gasteiger partial charge in [0.05, 0.1) is 12.6 Å². The van der Waals surface area contributed by atoms with Crippen molar-refractivity contribution in [3.63, 3.8) is 0 Å².